The molecular formula is C22H23N7OS. The Labute approximate surface area is 184 Å². The first kappa shape index (κ1) is 19.8. The smallest absolute Gasteiger partial charge is 0.245 e. The molecule has 0 unspecified atom stereocenters. The number of pyridine rings is 1. The number of piperazine rings is 1. The highest BCUT2D eigenvalue weighted by molar-refractivity contribution is 7.21. The minimum atomic E-state index is 0.121. The number of anilines is 1. The Morgan fingerprint density at radius 1 is 1.19 bits per heavy atom. The van der Waals surface area contributed by atoms with Crippen molar-refractivity contribution in [3.05, 3.63) is 42.7 Å². The Balaban J connectivity index is 1.38. The maximum atomic E-state index is 10.6. The van der Waals surface area contributed by atoms with Gasteiger partial charge in [-0.1, -0.05) is 31.3 Å². The normalized spacial score (nSPS) is 16.9. The molecule has 0 spiro atoms. The molecule has 1 aliphatic heterocycles. The number of benzene rings is 1. The van der Waals surface area contributed by atoms with E-state index in [1.165, 1.54) is 11.3 Å². The van der Waals surface area contributed by atoms with Crippen molar-refractivity contribution in [3.8, 4) is 27.6 Å². The van der Waals surface area contributed by atoms with E-state index in [-0.39, 0.29) is 5.75 Å². The minimum absolute atomic E-state index is 0.121. The minimum Gasteiger partial charge on any atom is -0.507 e. The van der Waals surface area contributed by atoms with Gasteiger partial charge in [0.25, 0.3) is 0 Å². The molecule has 31 heavy (non-hydrogen) atoms. The molecule has 1 fully saturated rings. The molecule has 0 aliphatic carbocycles. The molecular weight excluding hydrogens is 410 g/mol. The molecule has 0 radical (unpaired) electrons. The van der Waals surface area contributed by atoms with E-state index < -0.39 is 0 Å². The number of aromatic hydroxyl groups is 1. The fourth-order valence-electron chi connectivity index (χ4n) is 3.72. The zero-order valence-electron chi connectivity index (χ0n) is 17.4. The molecule has 0 bridgehead atoms. The van der Waals surface area contributed by atoms with Crippen LogP contribution in [0.1, 0.15) is 13.8 Å². The van der Waals surface area contributed by atoms with E-state index in [1.54, 1.807) is 18.5 Å². The molecule has 4 aromatic rings. The average molecular weight is 434 g/mol. The van der Waals surface area contributed by atoms with Gasteiger partial charge in [-0.05, 0) is 30.2 Å². The molecule has 9 heteroatoms. The standard InChI is InChI=1S/C22H23N7OS/c1-13(2)18-12-29(9-8-23-18)22-25-11-17(27-28-22)15-6-5-14(10-19(15)30)20-26-16-4-3-7-24-21(16)31-20/h3-7,10-11,13,18,23,30H,8-9,12H2,1-2H3/t18-/m1/s1. The van der Waals surface area contributed by atoms with Gasteiger partial charge in [0.05, 0.1) is 6.20 Å². The third-order valence-corrected chi connectivity index (χ3v) is 6.56. The van der Waals surface area contributed by atoms with E-state index in [9.17, 15) is 5.11 Å². The molecule has 0 saturated carbocycles. The summed E-state index contributed by atoms with van der Waals surface area (Å²) in [6.07, 6.45) is 3.43. The van der Waals surface area contributed by atoms with Gasteiger partial charge in [0, 0.05) is 43.0 Å². The molecule has 8 nitrogen and oxygen atoms in total. The van der Waals surface area contributed by atoms with E-state index in [0.29, 0.717) is 29.2 Å². The fraction of sp³-hybridized carbons (Fsp3) is 0.318. The molecule has 158 valence electrons. The van der Waals surface area contributed by atoms with Gasteiger partial charge in [-0.3, -0.25) is 0 Å². The first-order valence-electron chi connectivity index (χ1n) is 10.3. The summed E-state index contributed by atoms with van der Waals surface area (Å²) in [7, 11) is 0. The van der Waals surface area contributed by atoms with Crippen LogP contribution in [0.15, 0.2) is 42.7 Å². The van der Waals surface area contributed by atoms with Crippen LogP contribution < -0.4 is 10.2 Å². The second-order valence-electron chi connectivity index (χ2n) is 7.97. The van der Waals surface area contributed by atoms with Gasteiger partial charge < -0.3 is 15.3 Å². The summed E-state index contributed by atoms with van der Waals surface area (Å²) in [6.45, 7) is 7.02. The van der Waals surface area contributed by atoms with Crippen LogP contribution in [-0.2, 0) is 0 Å². The summed E-state index contributed by atoms with van der Waals surface area (Å²) in [5.74, 6) is 1.28. The topological polar surface area (TPSA) is 100.0 Å². The van der Waals surface area contributed by atoms with Crippen LogP contribution in [0.25, 0.3) is 32.2 Å². The van der Waals surface area contributed by atoms with E-state index in [0.717, 1.165) is 40.6 Å². The van der Waals surface area contributed by atoms with Gasteiger partial charge in [-0.25, -0.2) is 15.0 Å². The number of phenols is 1. The lowest BCUT2D eigenvalue weighted by molar-refractivity contribution is 0.365. The number of aromatic nitrogens is 5. The first-order valence-corrected chi connectivity index (χ1v) is 11.1. The highest BCUT2D eigenvalue weighted by Gasteiger charge is 2.23. The second kappa shape index (κ2) is 8.16. The number of phenolic OH excluding ortho intramolecular Hbond substituents is 1. The van der Waals surface area contributed by atoms with Crippen LogP contribution in [0, 0.1) is 5.92 Å². The highest BCUT2D eigenvalue weighted by Crippen LogP contribution is 2.35. The largest absolute Gasteiger partial charge is 0.507 e. The Hall–Kier alpha value is -3.17. The molecule has 5 rings (SSSR count). The lowest BCUT2D eigenvalue weighted by Gasteiger charge is -2.35. The maximum absolute atomic E-state index is 10.6. The third-order valence-electron chi connectivity index (χ3n) is 5.53. The Bertz CT molecular complexity index is 1180. The zero-order chi connectivity index (χ0) is 21.4. The SMILES string of the molecule is CC(C)[C@H]1CN(c2ncc(-c3ccc(-c4nc5cccnc5s4)cc3O)nn2)CCN1. The third kappa shape index (κ3) is 3.94. The van der Waals surface area contributed by atoms with Crippen LogP contribution in [0.4, 0.5) is 5.95 Å². The monoisotopic (exact) mass is 433 g/mol. The molecule has 2 N–H and O–H groups in total. The van der Waals surface area contributed by atoms with Crippen molar-refractivity contribution in [2.45, 2.75) is 19.9 Å². The van der Waals surface area contributed by atoms with Crippen LogP contribution >= 0.6 is 11.3 Å². The summed E-state index contributed by atoms with van der Waals surface area (Å²) in [5, 5.41) is 23.7. The Morgan fingerprint density at radius 2 is 2.10 bits per heavy atom. The predicted octanol–water partition coefficient (Wildman–Crippen LogP) is 3.35. The number of rotatable bonds is 4. The molecule has 3 aromatic heterocycles. The van der Waals surface area contributed by atoms with Crippen molar-refractivity contribution >= 4 is 27.6 Å². The Kier molecular flexibility index (Phi) is 5.21. The number of nitrogens with one attached hydrogen (secondary N) is 1. The zero-order valence-corrected chi connectivity index (χ0v) is 18.2. The molecule has 1 aliphatic rings. The van der Waals surface area contributed by atoms with Gasteiger partial charge in [0.15, 0.2) is 0 Å². The number of nitrogens with zero attached hydrogens (tertiary/aromatic N) is 6. The number of hydrogen-bond acceptors (Lipinski definition) is 9. The van der Waals surface area contributed by atoms with Crippen LogP contribution in [0.2, 0.25) is 0 Å². The van der Waals surface area contributed by atoms with Crippen LogP contribution in [0.3, 0.4) is 0 Å². The van der Waals surface area contributed by atoms with E-state index in [2.05, 4.69) is 49.2 Å². The lowest BCUT2D eigenvalue weighted by Crippen LogP contribution is -2.53. The first-order chi connectivity index (χ1) is 15.1. The lowest BCUT2D eigenvalue weighted by atomic mass is 10.0. The van der Waals surface area contributed by atoms with Gasteiger partial charge in [-0.2, -0.15) is 0 Å². The second-order valence-corrected chi connectivity index (χ2v) is 8.95. The Morgan fingerprint density at radius 3 is 2.84 bits per heavy atom. The number of hydrogen-bond donors (Lipinski definition) is 2. The van der Waals surface area contributed by atoms with Crippen molar-refractivity contribution in [2.75, 3.05) is 24.5 Å². The summed E-state index contributed by atoms with van der Waals surface area (Å²) < 4.78 is 0. The summed E-state index contributed by atoms with van der Waals surface area (Å²) in [4.78, 5) is 16.5. The van der Waals surface area contributed by atoms with E-state index in [1.807, 2.05) is 24.3 Å². The van der Waals surface area contributed by atoms with Crippen molar-refractivity contribution in [2.24, 2.45) is 5.92 Å². The molecule has 1 saturated heterocycles. The highest BCUT2D eigenvalue weighted by atomic mass is 32.1. The quantitative estimate of drug-likeness (QED) is 0.505. The summed E-state index contributed by atoms with van der Waals surface area (Å²) in [6, 6.07) is 9.66. The van der Waals surface area contributed by atoms with Crippen molar-refractivity contribution in [1.29, 1.82) is 0 Å². The average Bonchev–Trinajstić information content (AvgIpc) is 3.24. The fourth-order valence-corrected chi connectivity index (χ4v) is 4.62. The summed E-state index contributed by atoms with van der Waals surface area (Å²) >= 11 is 1.50. The molecule has 1 atom stereocenters. The molecule has 0 amide bonds. The van der Waals surface area contributed by atoms with Gasteiger partial charge in [0.1, 0.15) is 26.8 Å². The number of thiazole rings is 1. The van der Waals surface area contributed by atoms with Crippen LogP contribution in [-0.4, -0.2) is 55.9 Å². The van der Waals surface area contributed by atoms with E-state index in [4.69, 9.17) is 0 Å². The number of fused-ring (bicyclic) bond motifs is 1. The van der Waals surface area contributed by atoms with Gasteiger partial charge in [-0.15, -0.1) is 10.2 Å². The van der Waals surface area contributed by atoms with Crippen molar-refractivity contribution < 1.29 is 5.11 Å². The van der Waals surface area contributed by atoms with Crippen molar-refractivity contribution in [1.82, 2.24) is 30.5 Å². The van der Waals surface area contributed by atoms with Crippen LogP contribution in [0.5, 0.6) is 5.75 Å². The van der Waals surface area contributed by atoms with E-state index >= 15 is 0 Å². The van der Waals surface area contributed by atoms with Crippen molar-refractivity contribution in [3.63, 3.8) is 0 Å². The summed E-state index contributed by atoms with van der Waals surface area (Å²) in [5.41, 5.74) is 2.82. The van der Waals surface area contributed by atoms with Gasteiger partial charge in [0.2, 0.25) is 5.95 Å². The molecule has 4 heterocycles. The van der Waals surface area contributed by atoms with Gasteiger partial charge >= 0.3 is 0 Å². The molecule has 1 aromatic carbocycles. The predicted molar refractivity (Wildman–Crippen MR) is 122 cm³/mol. The maximum Gasteiger partial charge on any atom is 0.245 e.